The van der Waals surface area contributed by atoms with Gasteiger partial charge < -0.3 is 14.8 Å². The maximum Gasteiger partial charge on any atom is 0.439 e. The highest BCUT2D eigenvalue weighted by atomic mass is 79.9. The molecule has 0 aliphatic rings. The largest absolute Gasteiger partial charge is 0.444 e. The number of hydroxylamine groups is 1. The SMILES string of the molecule is CC(C)(C)ONC(=O)OC(=O)[C@H](CBr)NC(=O)OC(C)(C)C. The van der Waals surface area contributed by atoms with Crippen LogP contribution in [0.4, 0.5) is 9.59 Å². The summed E-state index contributed by atoms with van der Waals surface area (Å²) in [6, 6.07) is -1.07. The molecule has 0 rings (SSSR count). The number of rotatable bonds is 4. The Morgan fingerprint density at radius 3 is 1.95 bits per heavy atom. The number of esters is 1. The molecule has 1 atom stereocenters. The van der Waals surface area contributed by atoms with Crippen molar-refractivity contribution >= 4 is 34.1 Å². The number of alkyl halides is 1. The molecule has 0 aliphatic carbocycles. The molecule has 2 N–H and O–H groups in total. The topological polar surface area (TPSA) is 103 Å². The number of halogens is 1. The minimum atomic E-state index is -1.07. The number of nitrogens with one attached hydrogen (secondary N) is 2. The van der Waals surface area contributed by atoms with Crippen LogP contribution in [0.2, 0.25) is 0 Å². The van der Waals surface area contributed by atoms with E-state index in [0.29, 0.717) is 0 Å². The molecule has 0 saturated carbocycles. The molecule has 0 aromatic carbocycles. The summed E-state index contributed by atoms with van der Waals surface area (Å²) in [6.07, 6.45) is -1.86. The van der Waals surface area contributed by atoms with E-state index in [0.717, 1.165) is 0 Å². The number of ether oxygens (including phenoxy) is 2. The highest BCUT2D eigenvalue weighted by Crippen LogP contribution is 2.08. The second-order valence-corrected chi connectivity index (χ2v) is 7.03. The van der Waals surface area contributed by atoms with Gasteiger partial charge in [0.2, 0.25) is 0 Å². The zero-order valence-electron chi connectivity index (χ0n) is 13.6. The number of hydrogen-bond donors (Lipinski definition) is 2. The molecule has 0 heterocycles. The molecule has 0 fully saturated rings. The van der Waals surface area contributed by atoms with Crippen molar-refractivity contribution in [2.24, 2.45) is 0 Å². The average molecular weight is 383 g/mol. The van der Waals surface area contributed by atoms with Crippen molar-refractivity contribution in [3.63, 3.8) is 0 Å². The van der Waals surface area contributed by atoms with Crippen molar-refractivity contribution in [1.82, 2.24) is 10.8 Å². The van der Waals surface area contributed by atoms with Gasteiger partial charge in [0.25, 0.3) is 0 Å². The fraction of sp³-hybridized carbons (Fsp3) is 0.769. The normalized spacial score (nSPS) is 13.0. The highest BCUT2D eigenvalue weighted by Gasteiger charge is 2.27. The van der Waals surface area contributed by atoms with Gasteiger partial charge in [-0.15, -0.1) is 0 Å². The summed E-state index contributed by atoms with van der Waals surface area (Å²) in [6.45, 7) is 10.2. The first kappa shape index (κ1) is 20.6. The van der Waals surface area contributed by atoms with Crippen LogP contribution in [0.3, 0.4) is 0 Å². The zero-order chi connectivity index (χ0) is 17.6. The van der Waals surface area contributed by atoms with Gasteiger partial charge in [-0.2, -0.15) is 5.48 Å². The fourth-order valence-electron chi connectivity index (χ4n) is 0.988. The monoisotopic (exact) mass is 382 g/mol. The third-order valence-electron chi connectivity index (χ3n) is 1.76. The summed E-state index contributed by atoms with van der Waals surface area (Å²) in [4.78, 5) is 39.7. The Kier molecular flexibility index (Phi) is 7.82. The van der Waals surface area contributed by atoms with Crippen molar-refractivity contribution in [1.29, 1.82) is 0 Å². The van der Waals surface area contributed by atoms with Gasteiger partial charge in [-0.05, 0) is 41.5 Å². The predicted octanol–water partition coefficient (Wildman–Crippen LogP) is 2.26. The van der Waals surface area contributed by atoms with E-state index in [4.69, 9.17) is 9.57 Å². The second kappa shape index (κ2) is 8.33. The van der Waals surface area contributed by atoms with E-state index in [1.54, 1.807) is 41.5 Å². The number of alkyl carbamates (subject to hydrolysis) is 1. The Morgan fingerprint density at radius 2 is 1.55 bits per heavy atom. The maximum atomic E-state index is 11.8. The average Bonchev–Trinajstić information content (AvgIpc) is 2.30. The van der Waals surface area contributed by atoms with E-state index in [9.17, 15) is 14.4 Å². The van der Waals surface area contributed by atoms with E-state index in [1.165, 1.54) is 0 Å². The number of carbonyl (C=O) groups is 3. The van der Waals surface area contributed by atoms with Crippen LogP contribution < -0.4 is 10.8 Å². The first-order valence-corrected chi connectivity index (χ1v) is 7.71. The van der Waals surface area contributed by atoms with Gasteiger partial charge in [-0.3, -0.25) is 4.84 Å². The van der Waals surface area contributed by atoms with Gasteiger partial charge in [0.05, 0.1) is 5.60 Å². The minimum Gasteiger partial charge on any atom is -0.444 e. The molecular formula is C13H23BrN2O6. The molecule has 22 heavy (non-hydrogen) atoms. The molecule has 0 aliphatic heterocycles. The van der Waals surface area contributed by atoms with E-state index in [1.807, 2.05) is 5.48 Å². The number of hydrogen-bond acceptors (Lipinski definition) is 6. The highest BCUT2D eigenvalue weighted by molar-refractivity contribution is 9.09. The van der Waals surface area contributed by atoms with Crippen LogP contribution in [0.25, 0.3) is 0 Å². The summed E-state index contributed by atoms with van der Waals surface area (Å²) < 4.78 is 9.53. The van der Waals surface area contributed by atoms with Crippen LogP contribution in [-0.2, 0) is 19.1 Å². The fourth-order valence-corrected chi connectivity index (χ4v) is 1.41. The summed E-state index contributed by atoms with van der Waals surface area (Å²) in [7, 11) is 0. The lowest BCUT2D eigenvalue weighted by molar-refractivity contribution is -0.142. The molecule has 8 nitrogen and oxygen atoms in total. The van der Waals surface area contributed by atoms with Crippen molar-refractivity contribution in [2.45, 2.75) is 58.8 Å². The molecule has 0 saturated heterocycles. The Labute approximate surface area is 138 Å². The van der Waals surface area contributed by atoms with E-state index in [-0.39, 0.29) is 5.33 Å². The van der Waals surface area contributed by atoms with Crippen LogP contribution >= 0.6 is 15.9 Å². The molecule has 0 unspecified atom stereocenters. The first-order chi connectivity index (χ1) is 9.84. The summed E-state index contributed by atoms with van der Waals surface area (Å²) in [5.74, 6) is -0.947. The van der Waals surface area contributed by atoms with Crippen molar-refractivity contribution in [3.8, 4) is 0 Å². The summed E-state index contributed by atoms with van der Waals surface area (Å²) in [5.41, 5.74) is 0.644. The van der Waals surface area contributed by atoms with E-state index < -0.39 is 35.4 Å². The molecule has 0 radical (unpaired) electrons. The van der Waals surface area contributed by atoms with Gasteiger partial charge in [0.15, 0.2) is 0 Å². The third-order valence-corrected chi connectivity index (χ3v) is 2.41. The maximum absolute atomic E-state index is 11.8. The van der Waals surface area contributed by atoms with Crippen LogP contribution in [0.15, 0.2) is 0 Å². The minimum absolute atomic E-state index is 0.0541. The Bertz CT molecular complexity index is 414. The molecule has 0 spiro atoms. The quantitative estimate of drug-likeness (QED) is 0.334. The molecular weight excluding hydrogens is 360 g/mol. The van der Waals surface area contributed by atoms with Gasteiger partial charge in [0, 0.05) is 5.33 Å². The summed E-state index contributed by atoms with van der Waals surface area (Å²) >= 11 is 3.05. The third kappa shape index (κ3) is 10.4. The van der Waals surface area contributed by atoms with Gasteiger partial charge in [-0.25, -0.2) is 14.4 Å². The summed E-state index contributed by atoms with van der Waals surface area (Å²) in [5, 5.41) is 2.35. The standard InChI is InChI=1S/C13H23BrN2O6/c1-12(2,3)21-10(18)15-8(7-14)9(17)20-11(19)16-22-13(4,5)6/h8H,7H2,1-6H3,(H,15,18)(H,16,19)/t8-/m0/s1. The van der Waals surface area contributed by atoms with Crippen LogP contribution in [0.1, 0.15) is 41.5 Å². The second-order valence-electron chi connectivity index (χ2n) is 6.38. The zero-order valence-corrected chi connectivity index (χ0v) is 15.2. The Hall–Kier alpha value is -1.35. The molecule has 9 heteroatoms. The van der Waals surface area contributed by atoms with Gasteiger partial charge >= 0.3 is 18.2 Å². The van der Waals surface area contributed by atoms with Gasteiger partial charge in [-0.1, -0.05) is 15.9 Å². The number of amides is 2. The lowest BCUT2D eigenvalue weighted by Crippen LogP contribution is -2.47. The van der Waals surface area contributed by atoms with Crippen LogP contribution in [0, 0.1) is 0 Å². The lowest BCUT2D eigenvalue weighted by atomic mass is 10.2. The first-order valence-electron chi connectivity index (χ1n) is 6.59. The predicted molar refractivity (Wildman–Crippen MR) is 82.4 cm³/mol. The Morgan fingerprint density at radius 1 is 1.00 bits per heavy atom. The molecule has 128 valence electrons. The molecule has 0 aromatic heterocycles. The van der Waals surface area contributed by atoms with Crippen LogP contribution in [-0.4, -0.2) is 40.7 Å². The van der Waals surface area contributed by atoms with E-state index in [2.05, 4.69) is 26.0 Å². The lowest BCUT2D eigenvalue weighted by Gasteiger charge is -2.22. The molecule has 0 bridgehead atoms. The number of carbonyl (C=O) groups excluding carboxylic acids is 3. The van der Waals surface area contributed by atoms with E-state index >= 15 is 0 Å². The van der Waals surface area contributed by atoms with Crippen LogP contribution in [0.5, 0.6) is 0 Å². The molecule has 2 amide bonds. The molecule has 0 aromatic rings. The Balaban J connectivity index is 4.42. The van der Waals surface area contributed by atoms with Crippen molar-refractivity contribution < 1.29 is 28.7 Å². The smallest absolute Gasteiger partial charge is 0.439 e. The van der Waals surface area contributed by atoms with Gasteiger partial charge in [0.1, 0.15) is 11.6 Å². The van der Waals surface area contributed by atoms with Crippen molar-refractivity contribution in [2.75, 3.05) is 5.33 Å². The van der Waals surface area contributed by atoms with Crippen molar-refractivity contribution in [3.05, 3.63) is 0 Å².